The van der Waals surface area contributed by atoms with Crippen molar-refractivity contribution < 1.29 is 0 Å². The maximum Gasteiger partial charge on any atom is 0.0726 e. The number of nitrogens with two attached hydrogens (primary N) is 4. The molecule has 0 aromatic heterocycles. The first-order valence-electron chi connectivity index (χ1n) is 10.1. The minimum Gasteiger partial charge on any atom is -0.330 e. The fourth-order valence-corrected chi connectivity index (χ4v) is 5.62. The van der Waals surface area contributed by atoms with Crippen LogP contribution in [0.3, 0.4) is 0 Å². The molecule has 0 heterocycles. The molecule has 0 aliphatic heterocycles. The maximum absolute atomic E-state index is 7.01. The molecule has 4 heteroatoms. The molecule has 0 radical (unpaired) electrons. The number of hydrogen-bond donors (Lipinski definition) is 4. The van der Waals surface area contributed by atoms with E-state index in [-0.39, 0.29) is 5.41 Å². The van der Waals surface area contributed by atoms with Gasteiger partial charge < -0.3 is 22.9 Å². The third-order valence-corrected chi connectivity index (χ3v) is 6.93. The molecule has 0 bridgehead atoms. The van der Waals surface area contributed by atoms with Gasteiger partial charge in [0, 0.05) is 5.41 Å². The second kappa shape index (κ2) is 8.80. The summed E-state index contributed by atoms with van der Waals surface area (Å²) >= 11 is 0. The first-order valence-corrected chi connectivity index (χ1v) is 10.1. The van der Waals surface area contributed by atoms with E-state index in [0.29, 0.717) is 11.8 Å². The lowest BCUT2D eigenvalue weighted by Crippen LogP contribution is -2.70. The highest BCUT2D eigenvalue weighted by molar-refractivity contribution is 5.07. The molecule has 8 N–H and O–H groups in total. The smallest absolute Gasteiger partial charge is 0.0726 e. The molecule has 2 aliphatic carbocycles. The summed E-state index contributed by atoms with van der Waals surface area (Å²) in [6.45, 7) is 1.52. The fraction of sp³-hybridized carbons (Fsp3) is 1.00. The third-order valence-electron chi connectivity index (χ3n) is 6.93. The van der Waals surface area contributed by atoms with E-state index in [9.17, 15) is 0 Å². The molecule has 0 amide bonds. The van der Waals surface area contributed by atoms with E-state index in [0.717, 1.165) is 32.4 Å². The highest BCUT2D eigenvalue weighted by atomic mass is 15.0. The Balaban J connectivity index is 2.26. The quantitative estimate of drug-likeness (QED) is 0.515. The molecule has 136 valence electrons. The normalized spacial score (nSPS) is 30.5. The van der Waals surface area contributed by atoms with E-state index < -0.39 is 5.66 Å². The molecule has 2 atom stereocenters. The predicted octanol–water partition coefficient (Wildman–Crippen LogP) is 2.83. The molecular formula is C19H40N4. The summed E-state index contributed by atoms with van der Waals surface area (Å²) in [5.74, 6) is 1.11. The van der Waals surface area contributed by atoms with Crippen molar-refractivity contribution >= 4 is 0 Å². The van der Waals surface area contributed by atoms with Crippen LogP contribution in [0.25, 0.3) is 0 Å². The summed E-state index contributed by atoms with van der Waals surface area (Å²) in [6.07, 6.45) is 15.8. The molecule has 2 saturated carbocycles. The van der Waals surface area contributed by atoms with Crippen LogP contribution >= 0.6 is 0 Å². The van der Waals surface area contributed by atoms with Crippen LogP contribution in [-0.4, -0.2) is 18.8 Å². The van der Waals surface area contributed by atoms with Crippen LogP contribution in [-0.2, 0) is 0 Å². The van der Waals surface area contributed by atoms with Crippen molar-refractivity contribution in [1.29, 1.82) is 0 Å². The van der Waals surface area contributed by atoms with Crippen molar-refractivity contribution in [3.05, 3.63) is 0 Å². The van der Waals surface area contributed by atoms with E-state index >= 15 is 0 Å². The lowest BCUT2D eigenvalue weighted by atomic mass is 9.52. The number of hydrogen-bond acceptors (Lipinski definition) is 4. The van der Waals surface area contributed by atoms with Gasteiger partial charge in [-0.15, -0.1) is 0 Å². The predicted molar refractivity (Wildman–Crippen MR) is 98.6 cm³/mol. The van der Waals surface area contributed by atoms with Crippen molar-refractivity contribution in [2.45, 2.75) is 89.1 Å². The van der Waals surface area contributed by atoms with Gasteiger partial charge in [0.05, 0.1) is 5.66 Å². The molecule has 0 aromatic carbocycles. The maximum atomic E-state index is 7.01. The molecule has 2 aliphatic rings. The van der Waals surface area contributed by atoms with Crippen LogP contribution < -0.4 is 22.9 Å². The van der Waals surface area contributed by atoms with Crippen molar-refractivity contribution in [3.63, 3.8) is 0 Å². The highest BCUT2D eigenvalue weighted by Gasteiger charge is 2.54. The summed E-state index contributed by atoms with van der Waals surface area (Å²) in [4.78, 5) is 0. The zero-order valence-corrected chi connectivity index (χ0v) is 15.1. The van der Waals surface area contributed by atoms with Gasteiger partial charge in [0.25, 0.3) is 0 Å². The molecule has 2 fully saturated rings. The van der Waals surface area contributed by atoms with Gasteiger partial charge in [0.15, 0.2) is 0 Å². The van der Waals surface area contributed by atoms with Gasteiger partial charge in [-0.25, -0.2) is 0 Å². The zero-order chi connectivity index (χ0) is 16.8. The molecule has 23 heavy (non-hydrogen) atoms. The van der Waals surface area contributed by atoms with Crippen LogP contribution in [0.4, 0.5) is 0 Å². The third kappa shape index (κ3) is 4.09. The Bertz CT molecular complexity index is 338. The van der Waals surface area contributed by atoms with E-state index in [1.807, 2.05) is 0 Å². The van der Waals surface area contributed by atoms with Gasteiger partial charge in [0.1, 0.15) is 0 Å². The van der Waals surface area contributed by atoms with Crippen LogP contribution in [0.15, 0.2) is 0 Å². The Morgan fingerprint density at radius 3 is 2.13 bits per heavy atom. The van der Waals surface area contributed by atoms with Gasteiger partial charge in [-0.2, -0.15) is 0 Å². The highest BCUT2D eigenvalue weighted by Crippen LogP contribution is 2.54. The Morgan fingerprint density at radius 1 is 0.826 bits per heavy atom. The first kappa shape index (κ1) is 19.2. The Labute approximate surface area is 143 Å². The number of rotatable bonds is 8. The second-order valence-corrected chi connectivity index (χ2v) is 8.19. The van der Waals surface area contributed by atoms with Crippen LogP contribution in [0, 0.1) is 17.3 Å². The minimum absolute atomic E-state index is 0.0712. The van der Waals surface area contributed by atoms with Crippen LogP contribution in [0.1, 0.15) is 83.5 Å². The largest absolute Gasteiger partial charge is 0.330 e. The van der Waals surface area contributed by atoms with E-state index in [4.69, 9.17) is 22.9 Å². The SMILES string of the molecule is NCCCC1CCCCC1(CCCN)C(N)(N)C1CCCCC1. The van der Waals surface area contributed by atoms with E-state index in [2.05, 4.69) is 0 Å². The minimum atomic E-state index is -0.539. The molecule has 0 spiro atoms. The standard InChI is InChI=1S/C19H40N4/c20-14-6-11-16-8-4-5-12-18(16,13-7-15-21)19(22,23)17-9-2-1-3-10-17/h16-17H,1-15,20-23H2. The summed E-state index contributed by atoms with van der Waals surface area (Å²) in [5.41, 5.74) is 25.2. The van der Waals surface area contributed by atoms with Crippen molar-refractivity contribution in [1.82, 2.24) is 0 Å². The Kier molecular flexibility index (Phi) is 7.33. The van der Waals surface area contributed by atoms with Gasteiger partial charge in [-0.1, -0.05) is 32.1 Å². The summed E-state index contributed by atoms with van der Waals surface area (Å²) < 4.78 is 0. The van der Waals surface area contributed by atoms with E-state index in [1.54, 1.807) is 0 Å². The summed E-state index contributed by atoms with van der Waals surface area (Å²) in [5, 5.41) is 0. The lowest BCUT2D eigenvalue weighted by Gasteiger charge is -2.57. The monoisotopic (exact) mass is 324 g/mol. The topological polar surface area (TPSA) is 104 Å². The molecular weight excluding hydrogens is 284 g/mol. The molecule has 2 rings (SSSR count). The van der Waals surface area contributed by atoms with Gasteiger partial charge in [-0.05, 0) is 76.3 Å². The van der Waals surface area contributed by atoms with Gasteiger partial charge >= 0.3 is 0 Å². The average Bonchev–Trinajstić information content (AvgIpc) is 2.59. The molecule has 0 aromatic rings. The molecule has 0 saturated heterocycles. The van der Waals surface area contributed by atoms with Gasteiger partial charge in [0.2, 0.25) is 0 Å². The average molecular weight is 325 g/mol. The molecule has 4 nitrogen and oxygen atoms in total. The van der Waals surface area contributed by atoms with Crippen molar-refractivity contribution in [2.24, 2.45) is 40.2 Å². The zero-order valence-electron chi connectivity index (χ0n) is 15.1. The fourth-order valence-electron chi connectivity index (χ4n) is 5.62. The first-order chi connectivity index (χ1) is 11.1. The summed E-state index contributed by atoms with van der Waals surface area (Å²) in [6, 6.07) is 0. The van der Waals surface area contributed by atoms with Crippen molar-refractivity contribution in [2.75, 3.05) is 13.1 Å². The lowest BCUT2D eigenvalue weighted by molar-refractivity contribution is -0.0484. The van der Waals surface area contributed by atoms with E-state index in [1.165, 1.54) is 64.2 Å². The van der Waals surface area contributed by atoms with Crippen LogP contribution in [0.2, 0.25) is 0 Å². The van der Waals surface area contributed by atoms with Crippen LogP contribution in [0.5, 0.6) is 0 Å². The van der Waals surface area contributed by atoms with Crippen molar-refractivity contribution in [3.8, 4) is 0 Å². The second-order valence-electron chi connectivity index (χ2n) is 8.19. The molecule has 2 unspecified atom stereocenters. The Hall–Kier alpha value is -0.160. The summed E-state index contributed by atoms with van der Waals surface area (Å²) in [7, 11) is 0. The Morgan fingerprint density at radius 2 is 1.48 bits per heavy atom. The van der Waals surface area contributed by atoms with Gasteiger partial charge in [-0.3, -0.25) is 0 Å².